The maximum atomic E-state index is 9.03. The first-order valence-electron chi connectivity index (χ1n) is 5.58. The van der Waals surface area contributed by atoms with E-state index >= 15 is 0 Å². The Morgan fingerprint density at radius 3 is 2.50 bits per heavy atom. The van der Waals surface area contributed by atoms with Crippen molar-refractivity contribution < 1.29 is 0 Å². The number of allylic oxidation sites excluding steroid dienone is 2. The van der Waals surface area contributed by atoms with Gasteiger partial charge in [0.15, 0.2) is 0 Å². The zero-order valence-electron chi connectivity index (χ0n) is 9.80. The number of hydrogen-bond acceptors (Lipinski definition) is 1. The molecule has 0 saturated heterocycles. The lowest BCUT2D eigenvalue weighted by molar-refractivity contribution is 0.337. The molecule has 0 spiro atoms. The van der Waals surface area contributed by atoms with Crippen LogP contribution < -0.4 is 0 Å². The zero-order chi connectivity index (χ0) is 10.8. The maximum Gasteiger partial charge on any atom is 0.0728 e. The fourth-order valence-corrected chi connectivity index (χ4v) is 2.10. The van der Waals surface area contributed by atoms with Crippen molar-refractivity contribution in [1.29, 1.82) is 5.26 Å². The minimum atomic E-state index is -0.248. The van der Waals surface area contributed by atoms with E-state index in [4.69, 9.17) is 5.26 Å². The standard InChI is InChI=1S/C13H21N/c1-10(2)11-5-7-12(8-6-11)13(3,4)9-14/h7,10-11H,5-6,8H2,1-4H3. The topological polar surface area (TPSA) is 23.8 Å². The van der Waals surface area contributed by atoms with Crippen LogP contribution in [0.15, 0.2) is 11.6 Å². The Morgan fingerprint density at radius 2 is 2.14 bits per heavy atom. The molecular formula is C13H21N. The van der Waals surface area contributed by atoms with Gasteiger partial charge in [-0.2, -0.15) is 5.26 Å². The van der Waals surface area contributed by atoms with Gasteiger partial charge < -0.3 is 0 Å². The number of nitrogens with zero attached hydrogens (tertiary/aromatic N) is 1. The predicted molar refractivity (Wildman–Crippen MR) is 59.7 cm³/mol. The summed E-state index contributed by atoms with van der Waals surface area (Å²) in [5, 5.41) is 9.03. The summed E-state index contributed by atoms with van der Waals surface area (Å²) in [5.41, 5.74) is 1.10. The van der Waals surface area contributed by atoms with E-state index in [1.165, 1.54) is 12.0 Å². The highest BCUT2D eigenvalue weighted by Gasteiger charge is 2.27. The van der Waals surface area contributed by atoms with Crippen LogP contribution >= 0.6 is 0 Å². The smallest absolute Gasteiger partial charge is 0.0728 e. The molecule has 0 radical (unpaired) electrons. The summed E-state index contributed by atoms with van der Waals surface area (Å²) >= 11 is 0. The molecule has 1 heteroatoms. The summed E-state index contributed by atoms with van der Waals surface area (Å²) in [4.78, 5) is 0. The predicted octanol–water partition coefficient (Wildman–Crippen LogP) is 3.92. The van der Waals surface area contributed by atoms with Crippen LogP contribution in [0.3, 0.4) is 0 Å². The molecule has 1 nitrogen and oxygen atoms in total. The minimum Gasteiger partial charge on any atom is -0.197 e. The summed E-state index contributed by atoms with van der Waals surface area (Å²) in [6.07, 6.45) is 5.84. The summed E-state index contributed by atoms with van der Waals surface area (Å²) in [6.45, 7) is 8.63. The van der Waals surface area contributed by atoms with Gasteiger partial charge in [-0.25, -0.2) is 0 Å². The van der Waals surface area contributed by atoms with Crippen molar-refractivity contribution in [3.05, 3.63) is 11.6 Å². The Hall–Kier alpha value is -0.770. The van der Waals surface area contributed by atoms with Gasteiger partial charge in [0.1, 0.15) is 0 Å². The van der Waals surface area contributed by atoms with Gasteiger partial charge in [-0.15, -0.1) is 0 Å². The van der Waals surface area contributed by atoms with Crippen LogP contribution in [0.2, 0.25) is 0 Å². The van der Waals surface area contributed by atoms with Crippen LogP contribution in [-0.4, -0.2) is 0 Å². The van der Waals surface area contributed by atoms with E-state index in [1.807, 2.05) is 13.8 Å². The highest BCUT2D eigenvalue weighted by Crippen LogP contribution is 2.37. The van der Waals surface area contributed by atoms with Gasteiger partial charge in [-0.05, 0) is 44.9 Å². The van der Waals surface area contributed by atoms with Gasteiger partial charge in [0.25, 0.3) is 0 Å². The number of rotatable bonds is 2. The van der Waals surface area contributed by atoms with Crippen molar-refractivity contribution in [2.24, 2.45) is 17.3 Å². The average Bonchev–Trinajstić information content (AvgIpc) is 2.18. The number of hydrogen-bond donors (Lipinski definition) is 0. The molecule has 1 aliphatic rings. The van der Waals surface area contributed by atoms with Crippen LogP contribution in [0.5, 0.6) is 0 Å². The molecule has 1 unspecified atom stereocenters. The van der Waals surface area contributed by atoms with E-state index in [2.05, 4.69) is 26.0 Å². The number of nitriles is 1. The lowest BCUT2D eigenvalue weighted by Gasteiger charge is -2.29. The van der Waals surface area contributed by atoms with Crippen LogP contribution in [0.25, 0.3) is 0 Å². The fraction of sp³-hybridized carbons (Fsp3) is 0.769. The molecule has 1 aliphatic carbocycles. The Bertz CT molecular complexity index is 265. The summed E-state index contributed by atoms with van der Waals surface area (Å²) < 4.78 is 0. The van der Waals surface area contributed by atoms with Crippen LogP contribution in [0.1, 0.15) is 47.0 Å². The quantitative estimate of drug-likeness (QED) is 0.607. The third-order valence-electron chi connectivity index (χ3n) is 3.48. The van der Waals surface area contributed by atoms with Crippen molar-refractivity contribution >= 4 is 0 Å². The van der Waals surface area contributed by atoms with E-state index in [9.17, 15) is 0 Å². The lowest BCUT2D eigenvalue weighted by Crippen LogP contribution is -2.19. The van der Waals surface area contributed by atoms with E-state index in [-0.39, 0.29) is 5.41 Å². The molecule has 0 aliphatic heterocycles. The second-order valence-corrected chi connectivity index (χ2v) is 5.24. The summed E-state index contributed by atoms with van der Waals surface area (Å²) in [6, 6.07) is 2.39. The molecular weight excluding hydrogens is 170 g/mol. The molecule has 0 aromatic rings. The third-order valence-corrected chi connectivity index (χ3v) is 3.48. The van der Waals surface area contributed by atoms with Crippen molar-refractivity contribution in [3.8, 4) is 6.07 Å². The first-order valence-corrected chi connectivity index (χ1v) is 5.58. The van der Waals surface area contributed by atoms with Gasteiger partial charge in [0.05, 0.1) is 11.5 Å². The Morgan fingerprint density at radius 1 is 1.50 bits per heavy atom. The summed E-state index contributed by atoms with van der Waals surface area (Å²) in [7, 11) is 0. The first kappa shape index (κ1) is 11.3. The minimum absolute atomic E-state index is 0.248. The molecule has 78 valence electrons. The highest BCUT2D eigenvalue weighted by molar-refractivity contribution is 5.22. The highest BCUT2D eigenvalue weighted by atomic mass is 14.4. The molecule has 0 aromatic heterocycles. The molecule has 0 fully saturated rings. The Labute approximate surface area is 87.8 Å². The second kappa shape index (κ2) is 4.17. The molecule has 0 aromatic carbocycles. The Kier molecular flexibility index (Phi) is 3.37. The van der Waals surface area contributed by atoms with E-state index in [0.29, 0.717) is 0 Å². The molecule has 1 atom stereocenters. The lowest BCUT2D eigenvalue weighted by atomic mass is 9.74. The van der Waals surface area contributed by atoms with E-state index in [1.54, 1.807) is 0 Å². The molecule has 0 heterocycles. The van der Waals surface area contributed by atoms with Gasteiger partial charge in [0, 0.05) is 0 Å². The van der Waals surface area contributed by atoms with Crippen molar-refractivity contribution in [1.82, 2.24) is 0 Å². The largest absolute Gasteiger partial charge is 0.197 e. The molecule has 1 rings (SSSR count). The molecule has 0 N–H and O–H groups in total. The maximum absolute atomic E-state index is 9.03. The summed E-state index contributed by atoms with van der Waals surface area (Å²) in [5.74, 6) is 1.60. The van der Waals surface area contributed by atoms with Crippen LogP contribution in [0, 0.1) is 28.6 Å². The van der Waals surface area contributed by atoms with Crippen LogP contribution in [0.4, 0.5) is 0 Å². The molecule has 14 heavy (non-hydrogen) atoms. The van der Waals surface area contributed by atoms with Crippen molar-refractivity contribution in [3.63, 3.8) is 0 Å². The average molecular weight is 191 g/mol. The van der Waals surface area contributed by atoms with E-state index in [0.717, 1.165) is 24.7 Å². The molecule has 0 bridgehead atoms. The van der Waals surface area contributed by atoms with Gasteiger partial charge >= 0.3 is 0 Å². The van der Waals surface area contributed by atoms with E-state index < -0.39 is 0 Å². The van der Waals surface area contributed by atoms with Crippen LogP contribution in [-0.2, 0) is 0 Å². The van der Waals surface area contributed by atoms with Gasteiger partial charge in [0.2, 0.25) is 0 Å². The fourth-order valence-electron chi connectivity index (χ4n) is 2.10. The normalized spacial score (nSPS) is 23.1. The third kappa shape index (κ3) is 2.38. The first-order chi connectivity index (χ1) is 6.47. The monoisotopic (exact) mass is 191 g/mol. The van der Waals surface area contributed by atoms with Gasteiger partial charge in [-0.1, -0.05) is 25.5 Å². The zero-order valence-corrected chi connectivity index (χ0v) is 9.80. The Balaban J connectivity index is 2.67. The SMILES string of the molecule is CC(C)C1CC=C(C(C)(C)C#N)CC1. The van der Waals surface area contributed by atoms with Crippen molar-refractivity contribution in [2.45, 2.75) is 47.0 Å². The van der Waals surface area contributed by atoms with Gasteiger partial charge in [-0.3, -0.25) is 0 Å². The molecule has 0 amide bonds. The van der Waals surface area contributed by atoms with Crippen molar-refractivity contribution in [2.75, 3.05) is 0 Å². The molecule has 0 saturated carbocycles. The second-order valence-electron chi connectivity index (χ2n) is 5.24.